The first-order chi connectivity index (χ1) is 14.5. The van der Waals surface area contributed by atoms with Crippen molar-refractivity contribution in [3.63, 3.8) is 0 Å². The molecule has 0 radical (unpaired) electrons. The highest BCUT2D eigenvalue weighted by atomic mass is 32.2. The molecular formula is C23H20N4O3S. The Morgan fingerprint density at radius 2 is 1.87 bits per heavy atom. The van der Waals surface area contributed by atoms with E-state index in [1.807, 2.05) is 32.9 Å². The molecule has 1 spiro atoms. The van der Waals surface area contributed by atoms with Gasteiger partial charge in [0.15, 0.2) is 0 Å². The van der Waals surface area contributed by atoms with Crippen LogP contribution in [0.1, 0.15) is 37.5 Å². The van der Waals surface area contributed by atoms with E-state index in [9.17, 15) is 18.5 Å². The van der Waals surface area contributed by atoms with Crippen molar-refractivity contribution in [2.24, 2.45) is 5.73 Å². The van der Waals surface area contributed by atoms with Gasteiger partial charge in [-0.05, 0) is 35.3 Å². The third-order valence-corrected chi connectivity index (χ3v) is 7.94. The number of benzene rings is 2. The van der Waals surface area contributed by atoms with Crippen LogP contribution in [-0.2, 0) is 25.6 Å². The number of nitrogens with one attached hydrogen (secondary N) is 1. The Morgan fingerprint density at radius 1 is 1.16 bits per heavy atom. The van der Waals surface area contributed by atoms with Gasteiger partial charge in [-0.2, -0.15) is 5.26 Å². The average Bonchev–Trinajstić information content (AvgIpc) is 3.10. The standard InChI is InChI=1S/C23H20N4O3S/c1-22(2,3)13-8-9-19-14(10-13)18-11-23(15-6-4-5-7-17(15)26-21(23)28)16(12-24)20(25)27(18)31(19,29)30/h4-11H,25H2,1-3H3,(H,26,28)/t23-/m1/s1. The molecule has 0 bridgehead atoms. The number of sulfonamides is 1. The molecule has 156 valence electrons. The molecule has 1 amide bonds. The molecule has 0 unspecified atom stereocenters. The van der Waals surface area contributed by atoms with Crippen molar-refractivity contribution in [2.45, 2.75) is 36.5 Å². The van der Waals surface area contributed by atoms with Gasteiger partial charge in [0.05, 0.1) is 16.2 Å². The SMILES string of the molecule is CC(C)(C)c1ccc2c(c1)C1=C[C@]3(C(=O)Nc4ccccc43)C(C#N)=C(N)N1S2(=O)=O. The first-order valence-electron chi connectivity index (χ1n) is 9.78. The van der Waals surface area contributed by atoms with E-state index in [1.54, 1.807) is 42.5 Å². The molecule has 3 heterocycles. The van der Waals surface area contributed by atoms with Crippen LogP contribution < -0.4 is 11.1 Å². The number of para-hydroxylation sites is 1. The van der Waals surface area contributed by atoms with Crippen molar-refractivity contribution in [1.82, 2.24) is 4.31 Å². The highest BCUT2D eigenvalue weighted by Crippen LogP contribution is 2.53. The lowest BCUT2D eigenvalue weighted by atomic mass is 9.72. The van der Waals surface area contributed by atoms with E-state index in [1.165, 1.54) is 0 Å². The molecule has 0 saturated heterocycles. The molecule has 7 nitrogen and oxygen atoms in total. The van der Waals surface area contributed by atoms with E-state index in [-0.39, 0.29) is 21.7 Å². The van der Waals surface area contributed by atoms with Gasteiger partial charge in [0, 0.05) is 16.8 Å². The van der Waals surface area contributed by atoms with Crippen molar-refractivity contribution < 1.29 is 13.2 Å². The van der Waals surface area contributed by atoms with Crippen LogP contribution in [0.15, 0.2) is 64.8 Å². The third-order valence-electron chi connectivity index (χ3n) is 6.15. The van der Waals surface area contributed by atoms with E-state index < -0.39 is 21.3 Å². The molecule has 3 N–H and O–H groups in total. The number of nitrogens with two attached hydrogens (primary N) is 1. The number of hydrogen-bond acceptors (Lipinski definition) is 5. The minimum atomic E-state index is -4.00. The van der Waals surface area contributed by atoms with E-state index in [0.717, 1.165) is 9.87 Å². The maximum absolute atomic E-state index is 13.3. The second kappa shape index (κ2) is 5.77. The van der Waals surface area contributed by atoms with E-state index >= 15 is 0 Å². The first kappa shape index (κ1) is 19.4. The van der Waals surface area contributed by atoms with Crippen molar-refractivity contribution in [3.8, 4) is 6.07 Å². The predicted octanol–water partition coefficient (Wildman–Crippen LogP) is 2.93. The second-order valence-electron chi connectivity index (χ2n) is 8.94. The van der Waals surface area contributed by atoms with Gasteiger partial charge in [-0.15, -0.1) is 0 Å². The summed E-state index contributed by atoms with van der Waals surface area (Å²) in [5.41, 5.74) is 7.37. The lowest BCUT2D eigenvalue weighted by Gasteiger charge is -2.33. The molecule has 1 atom stereocenters. The number of anilines is 1. The van der Waals surface area contributed by atoms with Crippen molar-refractivity contribution in [2.75, 3.05) is 5.32 Å². The van der Waals surface area contributed by atoms with Crippen LogP contribution in [0.2, 0.25) is 0 Å². The Morgan fingerprint density at radius 3 is 2.55 bits per heavy atom. The topological polar surface area (TPSA) is 116 Å². The molecule has 2 aromatic rings. The van der Waals surface area contributed by atoms with Crippen molar-refractivity contribution in [1.29, 1.82) is 5.26 Å². The lowest BCUT2D eigenvalue weighted by molar-refractivity contribution is -0.118. The monoisotopic (exact) mass is 432 g/mol. The largest absolute Gasteiger partial charge is 0.383 e. The van der Waals surface area contributed by atoms with Gasteiger partial charge in [-0.1, -0.05) is 45.0 Å². The van der Waals surface area contributed by atoms with Crippen LogP contribution in [0, 0.1) is 11.3 Å². The van der Waals surface area contributed by atoms with E-state index in [2.05, 4.69) is 5.32 Å². The second-order valence-corrected chi connectivity index (χ2v) is 10.7. The molecule has 3 aliphatic heterocycles. The molecule has 8 heteroatoms. The molecule has 5 rings (SSSR count). The van der Waals surface area contributed by atoms with E-state index in [0.29, 0.717) is 22.5 Å². The summed E-state index contributed by atoms with van der Waals surface area (Å²) < 4.78 is 27.7. The zero-order valence-electron chi connectivity index (χ0n) is 17.2. The zero-order valence-corrected chi connectivity index (χ0v) is 18.0. The number of carbonyl (C=O) groups excluding carboxylic acids is 1. The van der Waals surface area contributed by atoms with Gasteiger partial charge < -0.3 is 11.1 Å². The molecule has 0 fully saturated rings. The molecule has 0 saturated carbocycles. The fourth-order valence-corrected chi connectivity index (χ4v) is 6.19. The van der Waals surface area contributed by atoms with Crippen LogP contribution in [0.5, 0.6) is 0 Å². The Bertz CT molecular complexity index is 1410. The number of fused-ring (bicyclic) bond motifs is 5. The van der Waals surface area contributed by atoms with Gasteiger partial charge >= 0.3 is 0 Å². The summed E-state index contributed by atoms with van der Waals surface area (Å²) in [5.74, 6) is -0.682. The van der Waals surface area contributed by atoms with Gasteiger partial charge in [0.2, 0.25) is 5.91 Å². The molecule has 0 aliphatic carbocycles. The van der Waals surface area contributed by atoms with Crippen LogP contribution in [-0.4, -0.2) is 18.6 Å². The summed E-state index contributed by atoms with van der Waals surface area (Å²) in [5, 5.41) is 12.8. The Balaban J connectivity index is 1.88. The molecule has 2 aromatic carbocycles. The number of nitrogens with zero attached hydrogens (tertiary/aromatic N) is 2. The number of amides is 1. The third kappa shape index (κ3) is 2.27. The van der Waals surface area contributed by atoms with Crippen LogP contribution in [0.25, 0.3) is 5.70 Å². The number of rotatable bonds is 0. The van der Waals surface area contributed by atoms with E-state index in [4.69, 9.17) is 5.73 Å². The number of nitriles is 1. The maximum atomic E-state index is 13.3. The highest BCUT2D eigenvalue weighted by molar-refractivity contribution is 7.90. The minimum absolute atomic E-state index is 0.105. The van der Waals surface area contributed by atoms with Gasteiger partial charge in [-0.25, -0.2) is 12.7 Å². The van der Waals surface area contributed by atoms with Crippen molar-refractivity contribution in [3.05, 3.63) is 76.6 Å². The van der Waals surface area contributed by atoms with Gasteiger partial charge in [-0.3, -0.25) is 4.79 Å². The summed E-state index contributed by atoms with van der Waals surface area (Å²) >= 11 is 0. The molecule has 31 heavy (non-hydrogen) atoms. The Labute approximate surface area is 180 Å². The molecule has 0 aromatic heterocycles. The quantitative estimate of drug-likeness (QED) is 0.664. The van der Waals surface area contributed by atoms with Crippen LogP contribution >= 0.6 is 0 Å². The highest BCUT2D eigenvalue weighted by Gasteiger charge is 2.56. The summed E-state index contributed by atoms with van der Waals surface area (Å²) in [4.78, 5) is 13.4. The van der Waals surface area contributed by atoms with Crippen LogP contribution in [0.4, 0.5) is 5.69 Å². The summed E-state index contributed by atoms with van der Waals surface area (Å²) in [6.07, 6.45) is 1.57. The number of carbonyl (C=O) groups is 1. The zero-order chi connectivity index (χ0) is 22.3. The minimum Gasteiger partial charge on any atom is -0.383 e. The maximum Gasteiger partial charge on any atom is 0.270 e. The average molecular weight is 433 g/mol. The molecular weight excluding hydrogens is 412 g/mol. The van der Waals surface area contributed by atoms with Crippen LogP contribution in [0.3, 0.4) is 0 Å². The summed E-state index contributed by atoms with van der Waals surface area (Å²) in [7, 11) is -4.00. The summed E-state index contributed by atoms with van der Waals surface area (Å²) in [6.45, 7) is 6.11. The number of hydrogen-bond donors (Lipinski definition) is 2. The fraction of sp³-hybridized carbons (Fsp3) is 0.217. The normalized spacial score (nSPS) is 23.1. The fourth-order valence-electron chi connectivity index (χ4n) is 4.55. The molecule has 3 aliphatic rings. The Kier molecular flexibility index (Phi) is 3.61. The van der Waals surface area contributed by atoms with Gasteiger partial charge in [0.1, 0.15) is 17.3 Å². The smallest absolute Gasteiger partial charge is 0.270 e. The Hall–Kier alpha value is -3.57. The lowest BCUT2D eigenvalue weighted by Crippen LogP contribution is -2.43. The van der Waals surface area contributed by atoms with Crippen molar-refractivity contribution >= 4 is 27.3 Å². The predicted molar refractivity (Wildman–Crippen MR) is 116 cm³/mol. The summed E-state index contributed by atoms with van der Waals surface area (Å²) in [6, 6.07) is 14.2. The van der Waals surface area contributed by atoms with Gasteiger partial charge in [0.25, 0.3) is 10.0 Å². The first-order valence-corrected chi connectivity index (χ1v) is 11.2.